The Labute approximate surface area is 469 Å². The van der Waals surface area contributed by atoms with Gasteiger partial charge < -0.3 is 19.1 Å². The minimum Gasteiger partial charge on any atom is -0.454 e. The van der Waals surface area contributed by atoms with E-state index in [4.69, 9.17) is 4.42 Å². The zero-order chi connectivity index (χ0) is 57.3. The van der Waals surface area contributed by atoms with E-state index >= 15 is 0 Å². The highest BCUT2D eigenvalue weighted by molar-refractivity contribution is 7.00. The van der Waals surface area contributed by atoms with E-state index in [9.17, 15) is 4.11 Å². The molecule has 4 aliphatic rings. The van der Waals surface area contributed by atoms with E-state index < -0.39 is 6.85 Å². The molecule has 0 saturated heterocycles. The lowest BCUT2D eigenvalue weighted by Gasteiger charge is -2.48. The molecule has 0 saturated carbocycles. The maximum atomic E-state index is 9.37. The predicted molar refractivity (Wildman–Crippen MR) is 335 cm³/mol. The Morgan fingerprint density at radius 2 is 0.987 bits per heavy atom. The van der Waals surface area contributed by atoms with Gasteiger partial charge in [-0.1, -0.05) is 170 Å². The standard InChI is InChI=1S/C73H78BN3O/c1-45-39-63-66-64(40-45)77(60-21-18-20-53-52-19-16-17-22-65(52)78-67(53)60)61-42-51(75(48-27-23-46(24-28-48)68(2,3)4)49-29-25-47(26-30-49)69(5,6)7)32-34-58(61)74(66)59-43-56-57(73(14,15)38-37-72(56,12)13)44-62(59)76(63)50-31-33-54-55(41-50)71(10,11)36-35-70(54,8)9/h16-34,39-44H,35-38H2,1-15H3/i1D3. The maximum absolute atomic E-state index is 9.37. The average Bonchev–Trinajstić information content (AvgIpc) is 3.84. The fourth-order valence-electron chi connectivity index (χ4n) is 14.0. The summed E-state index contributed by atoms with van der Waals surface area (Å²) in [7, 11) is 0. The summed E-state index contributed by atoms with van der Waals surface area (Å²) in [4.78, 5) is 7.19. The second kappa shape index (κ2) is 17.0. The van der Waals surface area contributed by atoms with Crippen molar-refractivity contribution < 1.29 is 8.53 Å². The molecule has 3 heterocycles. The Kier molecular flexibility index (Phi) is 10.3. The van der Waals surface area contributed by atoms with Crippen molar-refractivity contribution in [2.24, 2.45) is 0 Å². The van der Waals surface area contributed by atoms with Crippen LogP contribution in [-0.2, 0) is 32.5 Å². The van der Waals surface area contributed by atoms with E-state index in [1.54, 1.807) is 0 Å². The number of anilines is 9. The summed E-state index contributed by atoms with van der Waals surface area (Å²) in [5.74, 6) is 0. The summed E-state index contributed by atoms with van der Waals surface area (Å²) >= 11 is 0. The monoisotopic (exact) mass is 1030 g/mol. The number of benzene rings is 8. The minimum atomic E-state index is -2.44. The van der Waals surface area contributed by atoms with Crippen molar-refractivity contribution in [3.63, 3.8) is 0 Å². The predicted octanol–water partition coefficient (Wildman–Crippen LogP) is 18.7. The van der Waals surface area contributed by atoms with Crippen molar-refractivity contribution in [1.82, 2.24) is 0 Å². The lowest BCUT2D eigenvalue weighted by atomic mass is 9.33. The Morgan fingerprint density at radius 1 is 0.462 bits per heavy atom. The molecule has 13 rings (SSSR count). The molecule has 8 aromatic carbocycles. The van der Waals surface area contributed by atoms with Crippen molar-refractivity contribution in [3.05, 3.63) is 191 Å². The van der Waals surface area contributed by atoms with Gasteiger partial charge in [-0.05, 0) is 199 Å². The summed E-state index contributed by atoms with van der Waals surface area (Å²) in [6.07, 6.45) is 4.35. The van der Waals surface area contributed by atoms with Crippen LogP contribution in [0.5, 0.6) is 0 Å². The van der Waals surface area contributed by atoms with Gasteiger partial charge in [-0.15, -0.1) is 0 Å². The first kappa shape index (κ1) is 47.1. The van der Waals surface area contributed by atoms with Crippen LogP contribution in [0.1, 0.15) is 166 Å². The SMILES string of the molecule is [2H]C([2H])([2H])c1cc2c3c(c1)N(c1cccc4c1oc1ccccc14)c1cc(N(c4ccc(C(C)(C)C)cc4)c4ccc(C(C)(C)C)cc4)ccc1B3c1cc3c(cc1N2c1ccc2c(c1)C(C)(C)CCC2(C)C)C(C)(C)CCC3(C)C. The fraction of sp³-hybridized carbons (Fsp3) is 0.342. The molecule has 9 aromatic rings. The zero-order valence-corrected chi connectivity index (χ0v) is 48.6. The third-order valence-corrected chi connectivity index (χ3v) is 19.0. The first-order valence-corrected chi connectivity index (χ1v) is 28.7. The molecular weight excluding hydrogens is 946 g/mol. The zero-order valence-electron chi connectivity index (χ0n) is 51.6. The van der Waals surface area contributed by atoms with Crippen LogP contribution in [0.3, 0.4) is 0 Å². The molecule has 0 radical (unpaired) electrons. The third kappa shape index (κ3) is 7.83. The highest BCUT2D eigenvalue weighted by Gasteiger charge is 2.48. The molecule has 394 valence electrons. The van der Waals surface area contributed by atoms with Gasteiger partial charge in [0.1, 0.15) is 5.58 Å². The Bertz CT molecular complexity index is 3980. The molecule has 5 heteroatoms. The van der Waals surface area contributed by atoms with Crippen molar-refractivity contribution in [3.8, 4) is 0 Å². The van der Waals surface area contributed by atoms with E-state index in [0.29, 0.717) is 5.56 Å². The van der Waals surface area contributed by atoms with E-state index in [1.807, 2.05) is 24.3 Å². The molecule has 0 fully saturated rings. The topological polar surface area (TPSA) is 22.9 Å². The largest absolute Gasteiger partial charge is 0.454 e. The number of fused-ring (bicyclic) bond motifs is 9. The number of furan rings is 1. The summed E-state index contributed by atoms with van der Waals surface area (Å²) in [5.41, 5.74) is 21.9. The van der Waals surface area contributed by atoms with Gasteiger partial charge in [0.05, 0.1) is 5.69 Å². The summed E-state index contributed by atoms with van der Waals surface area (Å²) in [6, 6.07) is 56.1. The van der Waals surface area contributed by atoms with Gasteiger partial charge in [-0.2, -0.15) is 0 Å². The van der Waals surface area contributed by atoms with Crippen LogP contribution >= 0.6 is 0 Å². The van der Waals surface area contributed by atoms with Gasteiger partial charge >= 0.3 is 0 Å². The van der Waals surface area contributed by atoms with Crippen LogP contribution in [0.2, 0.25) is 0 Å². The molecule has 0 unspecified atom stereocenters. The minimum absolute atomic E-state index is 0.0192. The number of hydrogen-bond donors (Lipinski definition) is 0. The molecule has 0 amide bonds. The van der Waals surface area contributed by atoms with Gasteiger partial charge in [0.25, 0.3) is 6.71 Å². The highest BCUT2D eigenvalue weighted by atomic mass is 16.3. The van der Waals surface area contributed by atoms with E-state index in [1.165, 1.54) is 38.8 Å². The molecule has 4 nitrogen and oxygen atoms in total. The van der Waals surface area contributed by atoms with Crippen molar-refractivity contribution in [2.75, 3.05) is 14.7 Å². The second-order valence-electron chi connectivity index (χ2n) is 28.2. The molecule has 78 heavy (non-hydrogen) atoms. The normalized spacial score (nSPS) is 18.3. The smallest absolute Gasteiger partial charge is 0.252 e. The molecule has 0 atom stereocenters. The van der Waals surface area contributed by atoms with E-state index in [0.717, 1.165) is 110 Å². The molecule has 1 aromatic heterocycles. The van der Waals surface area contributed by atoms with Crippen LogP contribution in [0, 0.1) is 6.85 Å². The Morgan fingerprint density at radius 3 is 1.59 bits per heavy atom. The van der Waals surface area contributed by atoms with E-state index in [-0.39, 0.29) is 39.2 Å². The number of rotatable bonds is 5. The van der Waals surface area contributed by atoms with E-state index in [2.05, 4.69) is 239 Å². The highest BCUT2D eigenvalue weighted by Crippen LogP contribution is 2.54. The van der Waals surface area contributed by atoms with Gasteiger partial charge in [0, 0.05) is 60.4 Å². The van der Waals surface area contributed by atoms with Crippen LogP contribution in [-0.4, -0.2) is 6.71 Å². The van der Waals surface area contributed by atoms with Crippen molar-refractivity contribution in [1.29, 1.82) is 0 Å². The maximum Gasteiger partial charge on any atom is 0.252 e. The third-order valence-electron chi connectivity index (χ3n) is 19.0. The number of aryl methyl sites for hydroxylation is 1. The molecule has 0 spiro atoms. The molecule has 0 bridgehead atoms. The van der Waals surface area contributed by atoms with Gasteiger partial charge in [0.15, 0.2) is 5.58 Å². The van der Waals surface area contributed by atoms with Crippen molar-refractivity contribution in [2.45, 2.75) is 162 Å². The number of nitrogens with zero attached hydrogens (tertiary/aromatic N) is 3. The summed E-state index contributed by atoms with van der Waals surface area (Å²) in [6.45, 7) is 30.1. The van der Waals surface area contributed by atoms with Crippen LogP contribution in [0.25, 0.3) is 21.9 Å². The first-order chi connectivity index (χ1) is 38.0. The quantitative estimate of drug-likeness (QED) is 0.160. The average molecular weight is 1030 g/mol. The lowest BCUT2D eigenvalue weighted by molar-refractivity contribution is 0.332. The first-order valence-electron chi connectivity index (χ1n) is 30.2. The van der Waals surface area contributed by atoms with Gasteiger partial charge in [0.2, 0.25) is 0 Å². The molecule has 0 N–H and O–H groups in total. The summed E-state index contributed by atoms with van der Waals surface area (Å²) < 4.78 is 35.1. The Balaban J connectivity index is 1.15. The van der Waals surface area contributed by atoms with Gasteiger partial charge in [-0.25, -0.2) is 0 Å². The Hall–Kier alpha value is -6.98. The second-order valence-corrected chi connectivity index (χ2v) is 28.2. The molecule has 2 aliphatic carbocycles. The van der Waals surface area contributed by atoms with Crippen LogP contribution in [0.15, 0.2) is 156 Å². The summed E-state index contributed by atoms with van der Waals surface area (Å²) in [5, 5.41) is 2.04. The molecule has 2 aliphatic heterocycles. The molecular formula is C73H78BN3O. The fourth-order valence-corrected chi connectivity index (χ4v) is 14.0. The number of hydrogen-bond acceptors (Lipinski definition) is 4. The number of para-hydroxylation sites is 2. The van der Waals surface area contributed by atoms with Crippen LogP contribution in [0.4, 0.5) is 51.2 Å². The van der Waals surface area contributed by atoms with Crippen molar-refractivity contribution >= 4 is 96.2 Å². The lowest BCUT2D eigenvalue weighted by Crippen LogP contribution is -2.62. The van der Waals surface area contributed by atoms with Crippen LogP contribution < -0.4 is 31.1 Å². The van der Waals surface area contributed by atoms with Gasteiger partial charge in [-0.3, -0.25) is 0 Å².